The lowest BCUT2D eigenvalue weighted by Crippen LogP contribution is -2.64. The predicted octanol–water partition coefficient (Wildman–Crippen LogP) is -1.68. The van der Waals surface area contributed by atoms with Gasteiger partial charge in [0.2, 0.25) is 0 Å². The quantitative estimate of drug-likeness (QED) is 0.311. The van der Waals surface area contributed by atoms with Gasteiger partial charge in [-0.15, -0.1) is 0 Å². The molecule has 0 rings (SSSR count). The van der Waals surface area contributed by atoms with Crippen LogP contribution in [0.25, 0.3) is 0 Å². The number of hydrogen-bond acceptors (Lipinski definition) is 4. The summed E-state index contributed by atoms with van der Waals surface area (Å²) >= 11 is 0. The molecule has 4 nitrogen and oxygen atoms in total. The highest BCUT2D eigenvalue weighted by molar-refractivity contribution is 4.81. The Morgan fingerprint density at radius 3 is 1.25 bits per heavy atom. The van der Waals surface area contributed by atoms with Gasteiger partial charge >= 0.3 is 0 Å². The minimum atomic E-state index is -2.01. The van der Waals surface area contributed by atoms with E-state index in [2.05, 4.69) is 0 Å². The van der Waals surface area contributed by atoms with Crippen LogP contribution in [0, 0.1) is 0 Å². The Kier molecular flexibility index (Phi) is 1.63. The van der Waals surface area contributed by atoms with E-state index in [0.717, 1.165) is 0 Å². The molecule has 0 amide bonds. The molecule has 0 heterocycles. The molecule has 0 aromatic rings. The third-order valence-electron chi connectivity index (χ3n) is 0.980. The van der Waals surface area contributed by atoms with Crippen molar-refractivity contribution in [3.8, 4) is 0 Å². The topological polar surface area (TPSA) is 92.5 Å². The van der Waals surface area contributed by atoms with Gasteiger partial charge in [-0.3, -0.25) is 11.5 Å². The minimum absolute atomic E-state index is 1.33. The average molecular weight is 120 g/mol. The Hall–Kier alpha value is -0.160. The first-order valence-corrected chi connectivity index (χ1v) is 2.27. The van der Waals surface area contributed by atoms with E-state index in [0.29, 0.717) is 0 Å². The summed E-state index contributed by atoms with van der Waals surface area (Å²) in [5.41, 5.74) is 8.34. The summed E-state index contributed by atoms with van der Waals surface area (Å²) in [5.74, 6) is -2.01. The summed E-state index contributed by atoms with van der Waals surface area (Å²) in [5, 5.41) is 17.5. The standard InChI is InChI=1S/C4H12N2O2/c1-3(2,7)4(5,6)8/h7-8H,5-6H2,1-2H3. The average Bonchev–Trinajstić information content (AvgIpc) is 1.25. The van der Waals surface area contributed by atoms with Gasteiger partial charge in [0.05, 0.1) is 0 Å². The highest BCUT2D eigenvalue weighted by atomic mass is 16.4. The Morgan fingerprint density at radius 1 is 1.12 bits per heavy atom. The summed E-state index contributed by atoms with van der Waals surface area (Å²) in [6.45, 7) is 2.65. The Morgan fingerprint density at radius 2 is 1.25 bits per heavy atom. The number of aliphatic hydroxyl groups is 2. The molecule has 4 heteroatoms. The summed E-state index contributed by atoms with van der Waals surface area (Å²) in [7, 11) is 0. The fraction of sp³-hybridized carbons (Fsp3) is 1.00. The van der Waals surface area contributed by atoms with Gasteiger partial charge in [-0.05, 0) is 13.8 Å². The Balaban J connectivity index is 4.02. The number of nitrogens with two attached hydrogens (primary N) is 2. The van der Waals surface area contributed by atoms with Gasteiger partial charge in [0, 0.05) is 0 Å². The Bertz CT molecular complexity index is 67.0. The predicted molar refractivity (Wildman–Crippen MR) is 29.6 cm³/mol. The van der Waals surface area contributed by atoms with Gasteiger partial charge in [-0.25, -0.2) is 0 Å². The van der Waals surface area contributed by atoms with Crippen molar-refractivity contribution in [3.63, 3.8) is 0 Å². The fourth-order valence-electron chi connectivity index (χ4n) is 0. The molecule has 0 spiro atoms. The SMILES string of the molecule is CC(C)(O)C(N)(N)O. The van der Waals surface area contributed by atoms with E-state index in [9.17, 15) is 0 Å². The summed E-state index contributed by atoms with van der Waals surface area (Å²) in [6, 6.07) is 0. The number of hydrogen-bond donors (Lipinski definition) is 4. The molecular weight excluding hydrogens is 108 g/mol. The molecule has 6 N–H and O–H groups in total. The van der Waals surface area contributed by atoms with Crippen molar-refractivity contribution in [2.75, 3.05) is 0 Å². The molecule has 8 heavy (non-hydrogen) atoms. The maximum Gasteiger partial charge on any atom is 0.196 e. The van der Waals surface area contributed by atoms with Gasteiger partial charge in [0.15, 0.2) is 5.85 Å². The molecule has 0 saturated heterocycles. The smallest absolute Gasteiger partial charge is 0.196 e. The van der Waals surface area contributed by atoms with E-state index in [1.54, 1.807) is 0 Å². The van der Waals surface area contributed by atoms with Crippen LogP contribution in [0.5, 0.6) is 0 Å². The van der Waals surface area contributed by atoms with Gasteiger partial charge in [0.1, 0.15) is 5.60 Å². The maximum atomic E-state index is 8.85. The lowest BCUT2D eigenvalue weighted by Gasteiger charge is -2.30. The zero-order chi connectivity index (χ0) is 7.00. The van der Waals surface area contributed by atoms with Crippen LogP contribution in [-0.4, -0.2) is 21.7 Å². The van der Waals surface area contributed by atoms with Crippen LogP contribution in [0.2, 0.25) is 0 Å². The van der Waals surface area contributed by atoms with E-state index in [4.69, 9.17) is 21.7 Å². The largest absolute Gasteiger partial charge is 0.384 e. The van der Waals surface area contributed by atoms with Crippen LogP contribution in [0.1, 0.15) is 13.8 Å². The number of rotatable bonds is 1. The van der Waals surface area contributed by atoms with Gasteiger partial charge in [0.25, 0.3) is 0 Å². The van der Waals surface area contributed by atoms with Crippen LogP contribution in [0.3, 0.4) is 0 Å². The highest BCUT2D eigenvalue weighted by Gasteiger charge is 2.33. The summed E-state index contributed by atoms with van der Waals surface area (Å²) in [4.78, 5) is 0. The molecule has 0 aliphatic rings. The Labute approximate surface area is 48.1 Å². The molecule has 0 saturated carbocycles. The monoisotopic (exact) mass is 120 g/mol. The summed E-state index contributed by atoms with van der Waals surface area (Å²) < 4.78 is 0. The first kappa shape index (κ1) is 7.84. The molecule has 0 bridgehead atoms. The van der Waals surface area contributed by atoms with Crippen molar-refractivity contribution in [3.05, 3.63) is 0 Å². The summed E-state index contributed by atoms with van der Waals surface area (Å²) in [6.07, 6.45) is 0. The lowest BCUT2D eigenvalue weighted by atomic mass is 10.0. The van der Waals surface area contributed by atoms with Crippen molar-refractivity contribution in [2.24, 2.45) is 11.5 Å². The molecule has 0 atom stereocenters. The third kappa shape index (κ3) is 1.75. The van der Waals surface area contributed by atoms with E-state index in [1.807, 2.05) is 0 Å². The molecule has 50 valence electrons. The fourth-order valence-corrected chi connectivity index (χ4v) is 0. The van der Waals surface area contributed by atoms with E-state index in [-0.39, 0.29) is 0 Å². The van der Waals surface area contributed by atoms with Crippen LogP contribution in [-0.2, 0) is 0 Å². The zero-order valence-corrected chi connectivity index (χ0v) is 5.05. The lowest BCUT2D eigenvalue weighted by molar-refractivity contribution is -0.123. The van der Waals surface area contributed by atoms with Crippen LogP contribution in [0.15, 0.2) is 0 Å². The second-order valence-electron chi connectivity index (χ2n) is 2.38. The molecule has 0 aromatic heterocycles. The molecule has 0 aliphatic carbocycles. The van der Waals surface area contributed by atoms with Crippen molar-refractivity contribution in [1.29, 1.82) is 0 Å². The molecule has 0 aliphatic heterocycles. The molecule has 0 fully saturated rings. The second kappa shape index (κ2) is 1.66. The molecule has 0 radical (unpaired) electrons. The third-order valence-corrected chi connectivity index (χ3v) is 0.980. The normalized spacial score (nSPS) is 14.2. The van der Waals surface area contributed by atoms with Gasteiger partial charge < -0.3 is 10.2 Å². The van der Waals surface area contributed by atoms with Gasteiger partial charge in [-0.1, -0.05) is 0 Å². The van der Waals surface area contributed by atoms with Crippen LogP contribution < -0.4 is 11.5 Å². The van der Waals surface area contributed by atoms with Crippen LogP contribution >= 0.6 is 0 Å². The van der Waals surface area contributed by atoms with Crippen molar-refractivity contribution in [2.45, 2.75) is 25.3 Å². The van der Waals surface area contributed by atoms with Gasteiger partial charge in [-0.2, -0.15) is 0 Å². The van der Waals surface area contributed by atoms with Crippen molar-refractivity contribution >= 4 is 0 Å². The highest BCUT2D eigenvalue weighted by Crippen LogP contribution is 2.08. The van der Waals surface area contributed by atoms with E-state index in [1.165, 1.54) is 13.8 Å². The first-order chi connectivity index (χ1) is 3.25. The maximum absolute atomic E-state index is 8.85. The molecular formula is C4H12N2O2. The van der Waals surface area contributed by atoms with E-state index >= 15 is 0 Å². The van der Waals surface area contributed by atoms with Crippen molar-refractivity contribution in [1.82, 2.24) is 0 Å². The molecule has 0 unspecified atom stereocenters. The molecule has 0 aromatic carbocycles. The van der Waals surface area contributed by atoms with E-state index < -0.39 is 11.4 Å². The van der Waals surface area contributed by atoms with Crippen LogP contribution in [0.4, 0.5) is 0 Å². The minimum Gasteiger partial charge on any atom is -0.384 e. The zero-order valence-electron chi connectivity index (χ0n) is 5.05. The first-order valence-electron chi connectivity index (χ1n) is 2.27. The second-order valence-corrected chi connectivity index (χ2v) is 2.38. The van der Waals surface area contributed by atoms with Crippen molar-refractivity contribution < 1.29 is 10.2 Å².